The Balaban J connectivity index is 2.08. The summed E-state index contributed by atoms with van der Waals surface area (Å²) < 4.78 is 22.8. The SMILES string of the molecule is CCN(C1CNC1)C1CS(=O)(=O)CC1O. The summed E-state index contributed by atoms with van der Waals surface area (Å²) >= 11 is 0. The molecule has 2 rings (SSSR count). The molecule has 2 saturated heterocycles. The van der Waals surface area contributed by atoms with Crippen molar-refractivity contribution < 1.29 is 13.5 Å². The molecule has 2 N–H and O–H groups in total. The molecule has 2 heterocycles. The summed E-state index contributed by atoms with van der Waals surface area (Å²) in [7, 11) is -3.03. The van der Waals surface area contributed by atoms with Gasteiger partial charge in [-0.15, -0.1) is 0 Å². The molecule has 15 heavy (non-hydrogen) atoms. The molecule has 0 radical (unpaired) electrons. The number of sulfone groups is 1. The Morgan fingerprint density at radius 1 is 1.40 bits per heavy atom. The summed E-state index contributed by atoms with van der Waals surface area (Å²) in [5.74, 6) is 0.0345. The predicted molar refractivity (Wildman–Crippen MR) is 57.5 cm³/mol. The summed E-state index contributed by atoms with van der Waals surface area (Å²) in [5, 5.41) is 12.9. The predicted octanol–water partition coefficient (Wildman–Crippen LogP) is -1.56. The van der Waals surface area contributed by atoms with Gasteiger partial charge in [0.1, 0.15) is 0 Å². The van der Waals surface area contributed by atoms with Crippen LogP contribution in [0.5, 0.6) is 0 Å². The highest BCUT2D eigenvalue weighted by atomic mass is 32.2. The first-order valence-corrected chi connectivity index (χ1v) is 7.20. The van der Waals surface area contributed by atoms with E-state index in [9.17, 15) is 13.5 Å². The fraction of sp³-hybridized carbons (Fsp3) is 1.00. The molecule has 2 aliphatic rings. The van der Waals surface area contributed by atoms with Gasteiger partial charge in [-0.25, -0.2) is 8.42 Å². The zero-order valence-electron chi connectivity index (χ0n) is 8.89. The van der Waals surface area contributed by atoms with Gasteiger partial charge < -0.3 is 10.4 Å². The lowest BCUT2D eigenvalue weighted by Gasteiger charge is -2.41. The average Bonchev–Trinajstić information content (AvgIpc) is 2.32. The van der Waals surface area contributed by atoms with E-state index in [1.807, 2.05) is 6.92 Å². The summed E-state index contributed by atoms with van der Waals surface area (Å²) in [6, 6.07) is 0.190. The molecule has 5 nitrogen and oxygen atoms in total. The normalized spacial score (nSPS) is 35.7. The minimum absolute atomic E-state index is 0.0751. The molecule has 88 valence electrons. The molecule has 2 aliphatic heterocycles. The second-order valence-electron chi connectivity index (χ2n) is 4.35. The Bertz CT molecular complexity index is 326. The van der Waals surface area contributed by atoms with Crippen molar-refractivity contribution in [3.8, 4) is 0 Å². The zero-order valence-corrected chi connectivity index (χ0v) is 9.70. The third-order valence-corrected chi connectivity index (χ3v) is 5.01. The van der Waals surface area contributed by atoms with E-state index in [0.29, 0.717) is 6.04 Å². The van der Waals surface area contributed by atoms with Crippen molar-refractivity contribution in [3.63, 3.8) is 0 Å². The molecule has 6 heteroatoms. The number of nitrogens with zero attached hydrogens (tertiary/aromatic N) is 1. The third-order valence-electron chi connectivity index (χ3n) is 3.31. The van der Waals surface area contributed by atoms with Gasteiger partial charge in [0.05, 0.1) is 23.7 Å². The van der Waals surface area contributed by atoms with Crippen molar-refractivity contribution >= 4 is 9.84 Å². The maximum absolute atomic E-state index is 11.4. The van der Waals surface area contributed by atoms with Crippen LogP contribution in [0, 0.1) is 0 Å². The summed E-state index contributed by atoms with van der Waals surface area (Å²) in [6.45, 7) is 4.60. The number of aliphatic hydroxyl groups is 1. The second kappa shape index (κ2) is 4.01. The highest BCUT2D eigenvalue weighted by Gasteiger charge is 2.42. The molecule has 0 aromatic rings. The maximum atomic E-state index is 11.4. The fourth-order valence-electron chi connectivity index (χ4n) is 2.40. The van der Waals surface area contributed by atoms with E-state index in [1.165, 1.54) is 0 Å². The van der Waals surface area contributed by atoms with E-state index in [4.69, 9.17) is 0 Å². The van der Waals surface area contributed by atoms with E-state index in [-0.39, 0.29) is 17.5 Å². The number of hydrogen-bond donors (Lipinski definition) is 2. The lowest BCUT2D eigenvalue weighted by Crippen LogP contribution is -2.61. The van der Waals surface area contributed by atoms with E-state index in [0.717, 1.165) is 19.6 Å². The van der Waals surface area contributed by atoms with Crippen molar-refractivity contribution in [1.82, 2.24) is 10.2 Å². The molecule has 0 aromatic heterocycles. The van der Waals surface area contributed by atoms with E-state index >= 15 is 0 Å². The Labute approximate surface area is 90.4 Å². The second-order valence-corrected chi connectivity index (χ2v) is 6.51. The van der Waals surface area contributed by atoms with Crippen LogP contribution in [0.2, 0.25) is 0 Å². The summed E-state index contributed by atoms with van der Waals surface area (Å²) in [6.07, 6.45) is -0.712. The quantitative estimate of drug-likeness (QED) is 0.618. The molecule has 0 bridgehead atoms. The van der Waals surface area contributed by atoms with Crippen LogP contribution in [0.1, 0.15) is 6.92 Å². The average molecular weight is 234 g/mol. The lowest BCUT2D eigenvalue weighted by atomic mass is 10.1. The zero-order chi connectivity index (χ0) is 11.1. The molecule has 2 atom stereocenters. The number of likely N-dealkylation sites (N-methyl/N-ethyl adjacent to an activating group) is 1. The van der Waals surface area contributed by atoms with Crippen LogP contribution < -0.4 is 5.32 Å². The number of nitrogens with one attached hydrogen (secondary N) is 1. The first-order chi connectivity index (χ1) is 7.03. The van der Waals surface area contributed by atoms with Crippen LogP contribution >= 0.6 is 0 Å². The minimum atomic E-state index is -3.03. The number of aliphatic hydroxyl groups excluding tert-OH is 1. The molecule has 0 spiro atoms. The highest BCUT2D eigenvalue weighted by Crippen LogP contribution is 2.21. The van der Waals surface area contributed by atoms with Crippen LogP contribution in [0.3, 0.4) is 0 Å². The third kappa shape index (κ3) is 2.18. The molecule has 0 aliphatic carbocycles. The van der Waals surface area contributed by atoms with Gasteiger partial charge in [-0.1, -0.05) is 6.92 Å². The topological polar surface area (TPSA) is 69.6 Å². The highest BCUT2D eigenvalue weighted by molar-refractivity contribution is 7.91. The van der Waals surface area contributed by atoms with Crippen LogP contribution in [-0.2, 0) is 9.84 Å². The monoisotopic (exact) mass is 234 g/mol. The number of hydrogen-bond acceptors (Lipinski definition) is 5. The fourth-order valence-corrected chi connectivity index (χ4v) is 4.21. The standard InChI is InChI=1S/C9H18N2O3S/c1-2-11(7-3-10-4-7)8-5-15(13,14)6-9(8)12/h7-10,12H,2-6H2,1H3. The van der Waals surface area contributed by atoms with Crippen molar-refractivity contribution in [2.24, 2.45) is 0 Å². The van der Waals surface area contributed by atoms with Crippen molar-refractivity contribution in [3.05, 3.63) is 0 Å². The van der Waals surface area contributed by atoms with Gasteiger partial charge in [-0.3, -0.25) is 4.90 Å². The van der Waals surface area contributed by atoms with Gasteiger partial charge in [-0.2, -0.15) is 0 Å². The van der Waals surface area contributed by atoms with E-state index in [1.54, 1.807) is 0 Å². The van der Waals surface area contributed by atoms with Crippen LogP contribution in [0.25, 0.3) is 0 Å². The summed E-state index contributed by atoms with van der Waals surface area (Å²) in [5.41, 5.74) is 0. The van der Waals surface area contributed by atoms with Gasteiger partial charge in [0.25, 0.3) is 0 Å². The van der Waals surface area contributed by atoms with Crippen LogP contribution in [-0.4, -0.2) is 67.8 Å². The number of rotatable bonds is 3. The molecule has 0 aromatic carbocycles. The smallest absolute Gasteiger partial charge is 0.154 e. The van der Waals surface area contributed by atoms with Crippen molar-refractivity contribution in [1.29, 1.82) is 0 Å². The first kappa shape index (κ1) is 11.3. The van der Waals surface area contributed by atoms with Gasteiger partial charge in [0.15, 0.2) is 9.84 Å². The minimum Gasteiger partial charge on any atom is -0.390 e. The Morgan fingerprint density at radius 2 is 2.07 bits per heavy atom. The Hall–Kier alpha value is -0.170. The van der Waals surface area contributed by atoms with Gasteiger partial charge in [0, 0.05) is 19.1 Å². The molecule has 2 fully saturated rings. The van der Waals surface area contributed by atoms with Crippen molar-refractivity contribution in [2.75, 3.05) is 31.1 Å². The summed E-state index contributed by atoms with van der Waals surface area (Å²) in [4.78, 5) is 2.12. The molecular weight excluding hydrogens is 216 g/mol. The van der Waals surface area contributed by atoms with Gasteiger partial charge in [-0.05, 0) is 6.54 Å². The largest absolute Gasteiger partial charge is 0.390 e. The van der Waals surface area contributed by atoms with Crippen LogP contribution in [0.15, 0.2) is 0 Å². The lowest BCUT2D eigenvalue weighted by molar-refractivity contribution is 0.0398. The Morgan fingerprint density at radius 3 is 2.40 bits per heavy atom. The maximum Gasteiger partial charge on any atom is 0.154 e. The first-order valence-electron chi connectivity index (χ1n) is 5.38. The van der Waals surface area contributed by atoms with Gasteiger partial charge >= 0.3 is 0 Å². The van der Waals surface area contributed by atoms with Crippen molar-refractivity contribution in [2.45, 2.75) is 25.1 Å². The molecule has 0 saturated carbocycles. The molecule has 0 amide bonds. The Kier molecular flexibility index (Phi) is 3.03. The molecule has 2 unspecified atom stereocenters. The van der Waals surface area contributed by atoms with Gasteiger partial charge in [0.2, 0.25) is 0 Å². The van der Waals surface area contributed by atoms with E-state index in [2.05, 4.69) is 10.2 Å². The molecular formula is C9H18N2O3S. The van der Waals surface area contributed by atoms with E-state index < -0.39 is 15.9 Å². The van der Waals surface area contributed by atoms with Crippen LogP contribution in [0.4, 0.5) is 0 Å².